The van der Waals surface area contributed by atoms with Crippen molar-refractivity contribution in [1.29, 1.82) is 0 Å². The lowest BCUT2D eigenvalue weighted by atomic mass is 10.1. The molecule has 0 spiro atoms. The molecule has 6 heteroatoms. The fourth-order valence-electron chi connectivity index (χ4n) is 3.39. The van der Waals surface area contributed by atoms with Crippen molar-refractivity contribution in [3.8, 4) is 0 Å². The molecule has 2 aromatic carbocycles. The van der Waals surface area contributed by atoms with Gasteiger partial charge in [0.1, 0.15) is 6.54 Å². The summed E-state index contributed by atoms with van der Waals surface area (Å²) in [5.74, 6) is -0.143. The van der Waals surface area contributed by atoms with Crippen molar-refractivity contribution in [1.82, 2.24) is 4.90 Å². The van der Waals surface area contributed by atoms with E-state index < -0.39 is 10.0 Å². The van der Waals surface area contributed by atoms with Crippen molar-refractivity contribution in [2.45, 2.75) is 38.0 Å². The summed E-state index contributed by atoms with van der Waals surface area (Å²) in [4.78, 5) is 14.8. The summed E-state index contributed by atoms with van der Waals surface area (Å²) < 4.78 is 28.0. The number of aryl methyl sites for hydroxylation is 1. The minimum absolute atomic E-state index is 0.143. The van der Waals surface area contributed by atoms with Crippen LogP contribution < -0.4 is 4.31 Å². The van der Waals surface area contributed by atoms with Crippen LogP contribution in [-0.2, 0) is 14.8 Å². The number of hydrogen-bond donors (Lipinski definition) is 0. The Balaban J connectivity index is 2.01. The maximum atomic E-state index is 13.4. The number of carbonyl (C=O) groups excluding carboxylic acids is 1. The summed E-state index contributed by atoms with van der Waals surface area (Å²) in [6.45, 7) is 5.05. The van der Waals surface area contributed by atoms with Gasteiger partial charge < -0.3 is 4.90 Å². The Morgan fingerprint density at radius 3 is 2.30 bits per heavy atom. The summed E-state index contributed by atoms with van der Waals surface area (Å²) in [7, 11) is -3.84. The number of piperidine rings is 1. The summed E-state index contributed by atoms with van der Waals surface area (Å²) in [5, 5.41) is 0. The molecule has 2 aromatic rings. The van der Waals surface area contributed by atoms with Gasteiger partial charge in [-0.1, -0.05) is 30.3 Å². The van der Waals surface area contributed by atoms with Crippen molar-refractivity contribution in [3.05, 3.63) is 59.7 Å². The Kier molecular flexibility index (Phi) is 5.85. The average Bonchev–Trinajstić information content (AvgIpc) is 2.69. The predicted octanol–water partition coefficient (Wildman–Crippen LogP) is 3.51. The van der Waals surface area contributed by atoms with E-state index in [0.29, 0.717) is 18.8 Å². The quantitative estimate of drug-likeness (QED) is 0.790. The van der Waals surface area contributed by atoms with E-state index in [0.717, 1.165) is 30.4 Å². The van der Waals surface area contributed by atoms with Gasteiger partial charge in [-0.3, -0.25) is 9.10 Å². The predicted molar refractivity (Wildman–Crippen MR) is 107 cm³/mol. The summed E-state index contributed by atoms with van der Waals surface area (Å²) in [6.07, 6.45) is 3.06. The average molecular weight is 387 g/mol. The molecule has 1 amide bonds. The highest BCUT2D eigenvalue weighted by Gasteiger charge is 2.30. The highest BCUT2D eigenvalue weighted by Crippen LogP contribution is 2.28. The Hall–Kier alpha value is -2.34. The molecule has 0 saturated carbocycles. The van der Waals surface area contributed by atoms with E-state index in [-0.39, 0.29) is 17.3 Å². The van der Waals surface area contributed by atoms with Gasteiger partial charge in [0, 0.05) is 13.1 Å². The molecule has 5 nitrogen and oxygen atoms in total. The van der Waals surface area contributed by atoms with E-state index in [1.165, 1.54) is 4.31 Å². The number of rotatable bonds is 5. The summed E-state index contributed by atoms with van der Waals surface area (Å²) >= 11 is 0. The van der Waals surface area contributed by atoms with Gasteiger partial charge in [-0.2, -0.15) is 0 Å². The number of anilines is 1. The number of hydrogen-bond acceptors (Lipinski definition) is 3. The minimum atomic E-state index is -3.84. The molecule has 144 valence electrons. The first kappa shape index (κ1) is 19.4. The maximum Gasteiger partial charge on any atom is 0.264 e. The Morgan fingerprint density at radius 2 is 1.63 bits per heavy atom. The number of benzene rings is 2. The molecule has 0 aromatic heterocycles. The molecule has 1 fully saturated rings. The highest BCUT2D eigenvalue weighted by molar-refractivity contribution is 7.92. The normalized spacial score (nSPS) is 14.8. The standard InChI is InChI=1S/C21H26N2O3S/c1-17-10-9-13-20(18(17)2)23(16-21(24)22-14-7-4-8-15-22)27(25,26)19-11-5-3-6-12-19/h3,5-6,9-13H,4,7-8,14-16H2,1-2H3. The number of nitrogens with zero attached hydrogens (tertiary/aromatic N) is 2. The fraction of sp³-hybridized carbons (Fsp3) is 0.381. The number of likely N-dealkylation sites (tertiary alicyclic amines) is 1. The van der Waals surface area contributed by atoms with Crippen LogP contribution >= 0.6 is 0 Å². The molecule has 27 heavy (non-hydrogen) atoms. The first-order chi connectivity index (χ1) is 12.9. The molecule has 0 bridgehead atoms. The van der Waals surface area contributed by atoms with Crippen molar-refractivity contribution < 1.29 is 13.2 Å². The van der Waals surface area contributed by atoms with Gasteiger partial charge >= 0.3 is 0 Å². The fourth-order valence-corrected chi connectivity index (χ4v) is 4.88. The van der Waals surface area contributed by atoms with Crippen LogP contribution in [0.4, 0.5) is 5.69 Å². The van der Waals surface area contributed by atoms with Gasteiger partial charge in [-0.15, -0.1) is 0 Å². The van der Waals surface area contributed by atoms with Crippen LogP contribution in [-0.4, -0.2) is 38.9 Å². The highest BCUT2D eigenvalue weighted by atomic mass is 32.2. The molecule has 0 N–H and O–H groups in total. The first-order valence-electron chi connectivity index (χ1n) is 9.33. The maximum absolute atomic E-state index is 13.4. The number of sulfonamides is 1. The summed E-state index contributed by atoms with van der Waals surface area (Å²) in [6, 6.07) is 13.8. The minimum Gasteiger partial charge on any atom is -0.341 e. The molecular weight excluding hydrogens is 360 g/mol. The monoisotopic (exact) mass is 386 g/mol. The third-order valence-corrected chi connectivity index (χ3v) is 6.94. The van der Waals surface area contributed by atoms with E-state index in [4.69, 9.17) is 0 Å². The second kappa shape index (κ2) is 8.13. The zero-order chi connectivity index (χ0) is 19.4. The van der Waals surface area contributed by atoms with Crippen LogP contribution in [0.15, 0.2) is 53.4 Å². The van der Waals surface area contributed by atoms with Crippen LogP contribution in [0.2, 0.25) is 0 Å². The van der Waals surface area contributed by atoms with Crippen molar-refractivity contribution in [2.24, 2.45) is 0 Å². The molecular formula is C21H26N2O3S. The SMILES string of the molecule is Cc1cccc(N(CC(=O)N2CCCCC2)S(=O)(=O)c2ccccc2)c1C. The van der Waals surface area contributed by atoms with Crippen LogP contribution in [0.1, 0.15) is 30.4 Å². The lowest BCUT2D eigenvalue weighted by molar-refractivity contribution is -0.130. The third kappa shape index (κ3) is 4.16. The van der Waals surface area contributed by atoms with Gasteiger partial charge in [-0.05, 0) is 62.4 Å². The smallest absolute Gasteiger partial charge is 0.264 e. The zero-order valence-corrected chi connectivity index (χ0v) is 16.7. The Morgan fingerprint density at radius 1 is 0.963 bits per heavy atom. The van der Waals surface area contributed by atoms with Crippen molar-refractivity contribution in [2.75, 3.05) is 23.9 Å². The largest absolute Gasteiger partial charge is 0.341 e. The molecule has 0 radical (unpaired) electrons. The van der Waals surface area contributed by atoms with E-state index in [1.54, 1.807) is 41.3 Å². The molecule has 1 heterocycles. The third-order valence-electron chi connectivity index (χ3n) is 5.16. The first-order valence-corrected chi connectivity index (χ1v) is 10.8. The van der Waals surface area contributed by atoms with Crippen LogP contribution in [0, 0.1) is 13.8 Å². The second-order valence-corrected chi connectivity index (χ2v) is 8.85. The van der Waals surface area contributed by atoms with Gasteiger partial charge in [0.2, 0.25) is 5.91 Å². The molecule has 1 saturated heterocycles. The Labute approximate surface area is 161 Å². The number of amides is 1. The van der Waals surface area contributed by atoms with Gasteiger partial charge in [0.25, 0.3) is 10.0 Å². The molecule has 0 aliphatic carbocycles. The molecule has 1 aliphatic heterocycles. The molecule has 0 unspecified atom stereocenters. The van der Waals surface area contributed by atoms with E-state index >= 15 is 0 Å². The van der Waals surface area contributed by atoms with Crippen molar-refractivity contribution in [3.63, 3.8) is 0 Å². The second-order valence-electron chi connectivity index (χ2n) is 6.99. The number of carbonyl (C=O) groups is 1. The topological polar surface area (TPSA) is 57.7 Å². The van der Waals surface area contributed by atoms with Gasteiger partial charge in [0.15, 0.2) is 0 Å². The molecule has 0 atom stereocenters. The zero-order valence-electron chi connectivity index (χ0n) is 15.9. The lowest BCUT2D eigenvalue weighted by Gasteiger charge is -2.31. The van der Waals surface area contributed by atoms with E-state index in [1.807, 2.05) is 26.0 Å². The Bertz CT molecular complexity index is 904. The van der Waals surface area contributed by atoms with Crippen LogP contribution in [0.25, 0.3) is 0 Å². The summed E-state index contributed by atoms with van der Waals surface area (Å²) in [5.41, 5.74) is 2.42. The van der Waals surface area contributed by atoms with Crippen LogP contribution in [0.5, 0.6) is 0 Å². The van der Waals surface area contributed by atoms with Gasteiger partial charge in [0.05, 0.1) is 10.6 Å². The lowest BCUT2D eigenvalue weighted by Crippen LogP contribution is -2.45. The van der Waals surface area contributed by atoms with Gasteiger partial charge in [-0.25, -0.2) is 8.42 Å². The molecule has 1 aliphatic rings. The van der Waals surface area contributed by atoms with Crippen LogP contribution in [0.3, 0.4) is 0 Å². The van der Waals surface area contributed by atoms with E-state index in [2.05, 4.69) is 0 Å². The van der Waals surface area contributed by atoms with E-state index in [9.17, 15) is 13.2 Å². The van der Waals surface area contributed by atoms with Crippen molar-refractivity contribution >= 4 is 21.6 Å². The molecule has 3 rings (SSSR count).